The standard InChI is InChI=1S/2C9H18O2.Ni/c2*1-8(2)6-4-3-5-7-9(10)11;/h2*8H,3-7H2,1-2H3,(H,10,11);/q;;+2/p-2. The normalized spacial score (nSPS) is 10.0. The predicted octanol–water partition coefficient (Wildman–Crippen LogP) is 2.68. The number of hydrogen-bond donors (Lipinski definition) is 0. The van der Waals surface area contributed by atoms with Crippen LogP contribution in [0.1, 0.15) is 91.9 Å². The number of rotatable bonds is 12. The summed E-state index contributed by atoms with van der Waals surface area (Å²) in [5, 5.41) is 20.0. The van der Waals surface area contributed by atoms with Crippen molar-refractivity contribution in [1.29, 1.82) is 0 Å². The molecule has 0 atom stereocenters. The molecule has 0 aromatic heterocycles. The molecule has 0 aliphatic rings. The van der Waals surface area contributed by atoms with Crippen LogP contribution in [0.4, 0.5) is 0 Å². The van der Waals surface area contributed by atoms with Gasteiger partial charge < -0.3 is 19.8 Å². The maximum Gasteiger partial charge on any atom is 2.00 e. The van der Waals surface area contributed by atoms with E-state index in [0.29, 0.717) is 0 Å². The fourth-order valence-electron chi connectivity index (χ4n) is 2.00. The van der Waals surface area contributed by atoms with E-state index in [0.717, 1.165) is 50.4 Å². The van der Waals surface area contributed by atoms with Gasteiger partial charge in [0.25, 0.3) is 0 Å². The van der Waals surface area contributed by atoms with E-state index in [4.69, 9.17) is 0 Å². The Balaban J connectivity index is -0.000000333. The smallest absolute Gasteiger partial charge is 0.550 e. The van der Waals surface area contributed by atoms with Gasteiger partial charge in [-0.25, -0.2) is 0 Å². The molecule has 4 nitrogen and oxygen atoms in total. The molecule has 0 bridgehead atoms. The van der Waals surface area contributed by atoms with Gasteiger partial charge in [0.05, 0.1) is 0 Å². The second kappa shape index (κ2) is 19.5. The zero-order valence-corrected chi connectivity index (χ0v) is 16.2. The Kier molecular flexibility index (Phi) is 23.1. The van der Waals surface area contributed by atoms with Gasteiger partial charge in [-0.2, -0.15) is 0 Å². The minimum absolute atomic E-state index is 0. The van der Waals surface area contributed by atoms with Crippen molar-refractivity contribution in [3.05, 3.63) is 0 Å². The summed E-state index contributed by atoms with van der Waals surface area (Å²) in [4.78, 5) is 20.0. The molecule has 0 aromatic rings. The molecule has 0 saturated heterocycles. The quantitative estimate of drug-likeness (QED) is 0.389. The van der Waals surface area contributed by atoms with Crippen LogP contribution in [0.5, 0.6) is 0 Å². The van der Waals surface area contributed by atoms with Crippen molar-refractivity contribution < 1.29 is 36.3 Å². The fraction of sp³-hybridized carbons (Fsp3) is 0.889. The van der Waals surface area contributed by atoms with E-state index in [1.807, 2.05) is 0 Å². The SMILES string of the molecule is CC(C)CCCCCC(=O)[O-].CC(C)CCCCCC(=O)[O-].[Ni+2]. The predicted molar refractivity (Wildman–Crippen MR) is 85.9 cm³/mol. The first-order valence-electron chi connectivity index (χ1n) is 8.65. The Morgan fingerprint density at radius 1 is 0.652 bits per heavy atom. The maximum atomic E-state index is 9.99. The van der Waals surface area contributed by atoms with Crippen LogP contribution in [0.25, 0.3) is 0 Å². The summed E-state index contributed by atoms with van der Waals surface area (Å²) in [6, 6.07) is 0. The number of unbranched alkanes of at least 4 members (excludes halogenated alkanes) is 4. The summed E-state index contributed by atoms with van der Waals surface area (Å²) in [5.74, 6) is -0.375. The van der Waals surface area contributed by atoms with Crippen molar-refractivity contribution in [2.75, 3.05) is 0 Å². The molecular formula is C18H34NiO4. The van der Waals surface area contributed by atoms with Crippen LogP contribution in [0, 0.1) is 11.8 Å². The first kappa shape index (κ1) is 27.3. The van der Waals surface area contributed by atoms with Crippen LogP contribution in [-0.2, 0) is 26.1 Å². The molecule has 0 radical (unpaired) electrons. The molecule has 0 unspecified atom stereocenters. The van der Waals surface area contributed by atoms with Crippen LogP contribution in [0.2, 0.25) is 0 Å². The van der Waals surface area contributed by atoms with Gasteiger partial charge in [0.1, 0.15) is 0 Å². The van der Waals surface area contributed by atoms with E-state index in [2.05, 4.69) is 27.7 Å². The molecule has 0 aromatic carbocycles. The summed E-state index contributed by atoms with van der Waals surface area (Å²) < 4.78 is 0. The summed E-state index contributed by atoms with van der Waals surface area (Å²) in [7, 11) is 0. The van der Waals surface area contributed by atoms with E-state index < -0.39 is 11.9 Å². The Bertz CT molecular complexity index is 250. The third-order valence-corrected chi connectivity index (χ3v) is 3.32. The molecule has 0 fully saturated rings. The Hall–Kier alpha value is -0.566. The Morgan fingerprint density at radius 3 is 1.17 bits per heavy atom. The number of carbonyl (C=O) groups is 2. The van der Waals surface area contributed by atoms with Gasteiger partial charge in [-0.05, 0) is 37.5 Å². The van der Waals surface area contributed by atoms with Gasteiger partial charge in [0, 0.05) is 11.9 Å². The minimum atomic E-state index is -0.922. The second-order valence-electron chi connectivity index (χ2n) is 6.73. The van der Waals surface area contributed by atoms with Gasteiger partial charge in [-0.3, -0.25) is 0 Å². The average Bonchev–Trinajstić information content (AvgIpc) is 2.37. The van der Waals surface area contributed by atoms with Crippen molar-refractivity contribution in [1.82, 2.24) is 0 Å². The molecule has 0 aliphatic carbocycles. The maximum absolute atomic E-state index is 9.99. The average molecular weight is 373 g/mol. The Morgan fingerprint density at radius 2 is 0.957 bits per heavy atom. The monoisotopic (exact) mass is 372 g/mol. The number of carboxylic acids is 2. The van der Waals surface area contributed by atoms with Crippen LogP contribution >= 0.6 is 0 Å². The van der Waals surface area contributed by atoms with E-state index in [9.17, 15) is 19.8 Å². The molecule has 140 valence electrons. The first-order valence-corrected chi connectivity index (χ1v) is 8.65. The Labute approximate surface area is 152 Å². The molecule has 23 heavy (non-hydrogen) atoms. The van der Waals surface area contributed by atoms with E-state index in [1.165, 1.54) is 12.8 Å². The third kappa shape index (κ3) is 34.0. The van der Waals surface area contributed by atoms with Crippen LogP contribution < -0.4 is 10.2 Å². The molecular weight excluding hydrogens is 339 g/mol. The number of hydrogen-bond acceptors (Lipinski definition) is 4. The van der Waals surface area contributed by atoms with Crippen molar-refractivity contribution >= 4 is 11.9 Å². The van der Waals surface area contributed by atoms with Gasteiger partial charge in [0.2, 0.25) is 0 Å². The van der Waals surface area contributed by atoms with Gasteiger partial charge in [0.15, 0.2) is 0 Å². The van der Waals surface area contributed by atoms with Gasteiger partial charge in [-0.15, -0.1) is 0 Å². The molecule has 0 heterocycles. The van der Waals surface area contributed by atoms with E-state index in [-0.39, 0.29) is 29.3 Å². The summed E-state index contributed by atoms with van der Waals surface area (Å²) in [6.45, 7) is 8.72. The first-order chi connectivity index (χ1) is 10.3. The molecule has 0 aliphatic heterocycles. The van der Waals surface area contributed by atoms with Gasteiger partial charge >= 0.3 is 16.5 Å². The van der Waals surface area contributed by atoms with E-state index >= 15 is 0 Å². The zero-order valence-electron chi connectivity index (χ0n) is 15.2. The number of carbonyl (C=O) groups excluding carboxylic acids is 2. The largest absolute Gasteiger partial charge is 2.00 e. The molecule has 0 rings (SSSR count). The number of aliphatic carboxylic acids is 2. The molecule has 0 N–H and O–H groups in total. The van der Waals surface area contributed by atoms with E-state index in [1.54, 1.807) is 0 Å². The summed E-state index contributed by atoms with van der Waals surface area (Å²) >= 11 is 0. The molecule has 0 saturated carbocycles. The minimum Gasteiger partial charge on any atom is -0.550 e. The fourth-order valence-corrected chi connectivity index (χ4v) is 2.00. The second-order valence-corrected chi connectivity index (χ2v) is 6.73. The van der Waals surface area contributed by atoms with Gasteiger partial charge in [-0.1, -0.05) is 66.2 Å². The molecule has 0 spiro atoms. The molecule has 5 heteroatoms. The molecule has 0 amide bonds. The van der Waals surface area contributed by atoms with Crippen molar-refractivity contribution in [3.8, 4) is 0 Å². The zero-order chi connectivity index (χ0) is 17.4. The third-order valence-electron chi connectivity index (χ3n) is 3.32. The van der Waals surface area contributed by atoms with Crippen LogP contribution in [-0.4, -0.2) is 11.9 Å². The van der Waals surface area contributed by atoms with Crippen molar-refractivity contribution in [3.63, 3.8) is 0 Å². The topological polar surface area (TPSA) is 80.3 Å². The van der Waals surface area contributed by atoms with Crippen molar-refractivity contribution in [2.24, 2.45) is 11.8 Å². The van der Waals surface area contributed by atoms with Crippen LogP contribution in [0.3, 0.4) is 0 Å². The summed E-state index contributed by atoms with van der Waals surface area (Å²) in [5.41, 5.74) is 0. The van der Waals surface area contributed by atoms with Crippen LogP contribution in [0.15, 0.2) is 0 Å². The van der Waals surface area contributed by atoms with Crippen molar-refractivity contribution in [2.45, 2.75) is 91.9 Å². The number of carboxylic acid groups (broad SMARTS) is 2. The summed E-state index contributed by atoms with van der Waals surface area (Å²) in [6.07, 6.45) is 8.72.